The first-order chi connectivity index (χ1) is 9.72. The molecule has 2 aromatic rings. The third kappa shape index (κ3) is 3.71. The minimum atomic E-state index is 0.502. The zero-order valence-electron chi connectivity index (χ0n) is 12.1. The van der Waals surface area contributed by atoms with Gasteiger partial charge in [-0.2, -0.15) is 0 Å². The highest BCUT2D eigenvalue weighted by Crippen LogP contribution is 2.16. The Labute approximate surface area is 119 Å². The molecule has 1 heterocycles. The topological polar surface area (TPSA) is 43.4 Å². The maximum absolute atomic E-state index is 5.71. The van der Waals surface area contributed by atoms with E-state index in [2.05, 4.69) is 10.3 Å². The largest absolute Gasteiger partial charge is 0.497 e. The Morgan fingerprint density at radius 3 is 2.45 bits per heavy atom. The van der Waals surface area contributed by atoms with Crippen molar-refractivity contribution in [3.8, 4) is 11.6 Å². The summed E-state index contributed by atoms with van der Waals surface area (Å²) in [5.74, 6) is 1.50. The van der Waals surface area contributed by atoms with Crippen LogP contribution >= 0.6 is 0 Å². The maximum atomic E-state index is 5.71. The molecule has 0 aliphatic rings. The van der Waals surface area contributed by atoms with E-state index < -0.39 is 0 Å². The number of aromatic nitrogens is 1. The first-order valence-corrected chi connectivity index (χ1v) is 6.60. The summed E-state index contributed by atoms with van der Waals surface area (Å²) in [6, 6.07) is 11.8. The summed E-state index contributed by atoms with van der Waals surface area (Å²) in [7, 11) is 3.58. The molecule has 0 aliphatic carbocycles. The highest BCUT2D eigenvalue weighted by atomic mass is 16.5. The summed E-state index contributed by atoms with van der Waals surface area (Å²) in [5, 5.41) is 3.12. The third-order valence-electron chi connectivity index (χ3n) is 3.08. The van der Waals surface area contributed by atoms with Gasteiger partial charge in [-0.15, -0.1) is 0 Å². The van der Waals surface area contributed by atoms with E-state index in [1.54, 1.807) is 7.11 Å². The van der Waals surface area contributed by atoms with Gasteiger partial charge in [0.05, 0.1) is 7.11 Å². The lowest BCUT2D eigenvalue weighted by Crippen LogP contribution is -2.08. The van der Waals surface area contributed by atoms with Crippen molar-refractivity contribution in [1.29, 1.82) is 0 Å². The van der Waals surface area contributed by atoms with Crippen molar-refractivity contribution in [2.45, 2.75) is 20.1 Å². The van der Waals surface area contributed by atoms with E-state index in [1.165, 1.54) is 5.56 Å². The Hall–Kier alpha value is -2.07. The number of ether oxygens (including phenoxy) is 2. The summed E-state index contributed by atoms with van der Waals surface area (Å²) in [6.45, 7) is 3.31. The van der Waals surface area contributed by atoms with Gasteiger partial charge in [0.2, 0.25) is 5.88 Å². The molecule has 106 valence electrons. The third-order valence-corrected chi connectivity index (χ3v) is 3.08. The number of aryl methyl sites for hydroxylation is 1. The predicted molar refractivity (Wildman–Crippen MR) is 79.1 cm³/mol. The van der Waals surface area contributed by atoms with Crippen molar-refractivity contribution < 1.29 is 9.47 Å². The van der Waals surface area contributed by atoms with Crippen LogP contribution in [-0.4, -0.2) is 19.1 Å². The summed E-state index contributed by atoms with van der Waals surface area (Å²) >= 11 is 0. The van der Waals surface area contributed by atoms with Crippen LogP contribution in [0, 0.1) is 6.92 Å². The molecule has 0 unspecified atom stereocenters. The van der Waals surface area contributed by atoms with Gasteiger partial charge in [-0.1, -0.05) is 18.2 Å². The number of methoxy groups -OCH3 is 1. The smallest absolute Gasteiger partial charge is 0.213 e. The molecule has 0 atom stereocenters. The number of rotatable bonds is 6. The highest BCUT2D eigenvalue weighted by molar-refractivity contribution is 5.28. The Morgan fingerprint density at radius 2 is 1.85 bits per heavy atom. The predicted octanol–water partition coefficient (Wildman–Crippen LogP) is 2.70. The van der Waals surface area contributed by atoms with E-state index in [-0.39, 0.29) is 0 Å². The second-order valence-corrected chi connectivity index (χ2v) is 4.56. The molecule has 1 aromatic heterocycles. The average Bonchev–Trinajstić information content (AvgIpc) is 2.48. The zero-order valence-corrected chi connectivity index (χ0v) is 12.1. The first-order valence-electron chi connectivity index (χ1n) is 6.60. The molecular weight excluding hydrogens is 252 g/mol. The van der Waals surface area contributed by atoms with Crippen molar-refractivity contribution >= 4 is 0 Å². The van der Waals surface area contributed by atoms with E-state index in [0.29, 0.717) is 12.5 Å². The first kappa shape index (κ1) is 14.3. The molecule has 20 heavy (non-hydrogen) atoms. The van der Waals surface area contributed by atoms with Crippen LogP contribution in [-0.2, 0) is 13.2 Å². The molecule has 2 rings (SSSR count). The number of nitrogens with one attached hydrogen (secondary N) is 1. The normalized spacial score (nSPS) is 10.3. The van der Waals surface area contributed by atoms with Gasteiger partial charge in [-0.3, -0.25) is 0 Å². The Bertz CT molecular complexity index is 553. The number of pyridine rings is 1. The lowest BCUT2D eigenvalue weighted by molar-refractivity contribution is 0.293. The fraction of sp³-hybridized carbons (Fsp3) is 0.312. The molecule has 0 saturated carbocycles. The lowest BCUT2D eigenvalue weighted by atomic mass is 10.2. The van der Waals surface area contributed by atoms with Crippen LogP contribution in [0.15, 0.2) is 36.4 Å². The van der Waals surface area contributed by atoms with Crippen molar-refractivity contribution in [2.75, 3.05) is 14.2 Å². The standard InChI is InChI=1S/C16H20N2O2/c1-12-14(10-17-2)6-9-16(18-12)20-11-13-4-7-15(19-3)8-5-13/h4-9,17H,10-11H2,1-3H3. The number of nitrogens with zero attached hydrogens (tertiary/aromatic N) is 1. The van der Waals surface area contributed by atoms with E-state index in [4.69, 9.17) is 9.47 Å². The maximum Gasteiger partial charge on any atom is 0.213 e. The van der Waals surface area contributed by atoms with Crippen LogP contribution in [0.4, 0.5) is 0 Å². The molecule has 0 fully saturated rings. The quantitative estimate of drug-likeness (QED) is 0.878. The molecule has 1 N–H and O–H groups in total. The minimum Gasteiger partial charge on any atom is -0.497 e. The van der Waals surface area contributed by atoms with Crippen molar-refractivity contribution in [2.24, 2.45) is 0 Å². The number of hydrogen-bond donors (Lipinski definition) is 1. The van der Waals surface area contributed by atoms with Gasteiger partial charge in [0.25, 0.3) is 0 Å². The lowest BCUT2D eigenvalue weighted by Gasteiger charge is -2.09. The van der Waals surface area contributed by atoms with Crippen molar-refractivity contribution in [3.05, 3.63) is 53.2 Å². The van der Waals surface area contributed by atoms with E-state index in [0.717, 1.165) is 23.6 Å². The van der Waals surface area contributed by atoms with E-state index in [9.17, 15) is 0 Å². The fourth-order valence-corrected chi connectivity index (χ4v) is 1.90. The number of hydrogen-bond acceptors (Lipinski definition) is 4. The van der Waals surface area contributed by atoms with Crippen molar-refractivity contribution in [3.63, 3.8) is 0 Å². The van der Waals surface area contributed by atoms with Gasteiger partial charge in [-0.05, 0) is 37.2 Å². The van der Waals surface area contributed by atoms with Crippen molar-refractivity contribution in [1.82, 2.24) is 10.3 Å². The molecule has 0 amide bonds. The summed E-state index contributed by atoms with van der Waals surface area (Å²) in [6.07, 6.45) is 0. The van der Waals surface area contributed by atoms with Crippen LogP contribution in [0.25, 0.3) is 0 Å². The molecule has 0 radical (unpaired) electrons. The SMILES string of the molecule is CNCc1ccc(OCc2ccc(OC)cc2)nc1C. The second kappa shape index (κ2) is 6.91. The Morgan fingerprint density at radius 1 is 1.10 bits per heavy atom. The van der Waals surface area contributed by atoms with Gasteiger partial charge in [-0.25, -0.2) is 4.98 Å². The van der Waals surface area contributed by atoms with Gasteiger partial charge in [0, 0.05) is 18.3 Å². The van der Waals surface area contributed by atoms with Crippen LogP contribution in [0.5, 0.6) is 11.6 Å². The number of benzene rings is 1. The van der Waals surface area contributed by atoms with Crippen LogP contribution in [0.3, 0.4) is 0 Å². The molecular formula is C16H20N2O2. The van der Waals surface area contributed by atoms with Gasteiger partial charge in [0.15, 0.2) is 0 Å². The molecule has 0 saturated heterocycles. The molecule has 0 aliphatic heterocycles. The molecule has 4 heteroatoms. The molecule has 0 bridgehead atoms. The fourth-order valence-electron chi connectivity index (χ4n) is 1.90. The average molecular weight is 272 g/mol. The van der Waals surface area contributed by atoms with Crippen LogP contribution in [0.1, 0.15) is 16.8 Å². The Balaban J connectivity index is 1.97. The van der Waals surface area contributed by atoms with Crippen LogP contribution in [0.2, 0.25) is 0 Å². The monoisotopic (exact) mass is 272 g/mol. The molecule has 0 spiro atoms. The van der Waals surface area contributed by atoms with Crippen LogP contribution < -0.4 is 14.8 Å². The summed E-state index contributed by atoms with van der Waals surface area (Å²) in [4.78, 5) is 4.45. The van der Waals surface area contributed by atoms with Gasteiger partial charge >= 0.3 is 0 Å². The second-order valence-electron chi connectivity index (χ2n) is 4.56. The summed E-state index contributed by atoms with van der Waals surface area (Å²) < 4.78 is 10.8. The van der Waals surface area contributed by atoms with E-state index >= 15 is 0 Å². The highest BCUT2D eigenvalue weighted by Gasteiger charge is 2.02. The zero-order chi connectivity index (χ0) is 14.4. The molecule has 1 aromatic carbocycles. The minimum absolute atomic E-state index is 0.502. The summed E-state index contributed by atoms with van der Waals surface area (Å²) in [5.41, 5.74) is 3.26. The molecule has 4 nitrogen and oxygen atoms in total. The Kier molecular flexibility index (Phi) is 4.96. The van der Waals surface area contributed by atoms with Gasteiger partial charge < -0.3 is 14.8 Å². The van der Waals surface area contributed by atoms with E-state index in [1.807, 2.05) is 50.4 Å². The van der Waals surface area contributed by atoms with Gasteiger partial charge in [0.1, 0.15) is 12.4 Å².